The molecular weight excluding hydrogens is 440 g/mol. The van der Waals surface area contributed by atoms with E-state index in [1.54, 1.807) is 12.1 Å². The number of nitrogens with one attached hydrogen (secondary N) is 1. The van der Waals surface area contributed by atoms with Crippen molar-refractivity contribution in [1.29, 1.82) is 0 Å². The van der Waals surface area contributed by atoms with Crippen LogP contribution in [0, 0.1) is 6.92 Å². The molecule has 8 nitrogen and oxygen atoms in total. The van der Waals surface area contributed by atoms with Gasteiger partial charge in [-0.05, 0) is 49.9 Å². The maximum absolute atomic E-state index is 13.4. The van der Waals surface area contributed by atoms with Crippen molar-refractivity contribution in [2.24, 2.45) is 0 Å². The quantitative estimate of drug-likeness (QED) is 0.700. The summed E-state index contributed by atoms with van der Waals surface area (Å²) in [6.45, 7) is 2.93. The van der Waals surface area contributed by atoms with Crippen LogP contribution < -0.4 is 15.1 Å². The summed E-state index contributed by atoms with van der Waals surface area (Å²) in [5, 5.41) is 2.88. The number of rotatable bonds is 6. The molecule has 9 heteroatoms. The highest BCUT2D eigenvalue weighted by atomic mass is 32.2. The van der Waals surface area contributed by atoms with Gasteiger partial charge in [0.1, 0.15) is 12.6 Å². The molecule has 1 fully saturated rings. The summed E-state index contributed by atoms with van der Waals surface area (Å²) in [5.74, 6) is -0.452. The van der Waals surface area contributed by atoms with Gasteiger partial charge in [0.15, 0.2) is 0 Å². The molecular formula is C24H30N4O4S. The van der Waals surface area contributed by atoms with Crippen LogP contribution in [0.1, 0.15) is 30.4 Å². The van der Waals surface area contributed by atoms with Crippen LogP contribution >= 0.6 is 0 Å². The Morgan fingerprint density at radius 1 is 1.09 bits per heavy atom. The third-order valence-electron chi connectivity index (χ3n) is 6.29. The van der Waals surface area contributed by atoms with E-state index in [-0.39, 0.29) is 29.3 Å². The first-order valence-electron chi connectivity index (χ1n) is 11.2. The van der Waals surface area contributed by atoms with Gasteiger partial charge in [-0.1, -0.05) is 29.8 Å². The first kappa shape index (κ1) is 23.3. The predicted molar refractivity (Wildman–Crippen MR) is 128 cm³/mol. The van der Waals surface area contributed by atoms with Gasteiger partial charge in [-0.2, -0.15) is 0 Å². The Labute approximate surface area is 195 Å². The second-order valence-corrected chi connectivity index (χ2v) is 11.0. The fourth-order valence-electron chi connectivity index (χ4n) is 4.38. The van der Waals surface area contributed by atoms with Gasteiger partial charge in [0.05, 0.1) is 16.3 Å². The van der Waals surface area contributed by atoms with Gasteiger partial charge >= 0.3 is 0 Å². The van der Waals surface area contributed by atoms with Gasteiger partial charge in [0, 0.05) is 27.2 Å². The number of hydrogen-bond donors (Lipinski definition) is 1. The lowest BCUT2D eigenvalue weighted by molar-refractivity contribution is -0.125. The number of nitrogens with zero attached hydrogens (tertiary/aromatic N) is 3. The van der Waals surface area contributed by atoms with E-state index < -0.39 is 10.0 Å². The lowest BCUT2D eigenvalue weighted by Gasteiger charge is -2.45. The molecule has 0 saturated carbocycles. The number of aryl methyl sites for hydroxylation is 1. The Morgan fingerprint density at radius 2 is 1.82 bits per heavy atom. The molecule has 0 radical (unpaired) electrons. The number of fused-ring (bicyclic) bond motifs is 3. The van der Waals surface area contributed by atoms with Crippen LogP contribution in [0.15, 0.2) is 47.4 Å². The number of carbonyl (C=O) groups is 2. The van der Waals surface area contributed by atoms with E-state index in [0.717, 1.165) is 46.9 Å². The van der Waals surface area contributed by atoms with Crippen molar-refractivity contribution >= 4 is 33.2 Å². The van der Waals surface area contributed by atoms with Gasteiger partial charge in [-0.25, -0.2) is 12.7 Å². The van der Waals surface area contributed by atoms with Crippen LogP contribution in [0.3, 0.4) is 0 Å². The van der Waals surface area contributed by atoms with Gasteiger partial charge in [0.25, 0.3) is 0 Å². The molecule has 1 saturated heterocycles. The SMILES string of the molecule is Cc1ccc(CNC(=O)CN2C(=O)[C@@H]3CCCCN3c3ccc(S(=O)(=O)N(C)C)cc32)cc1. The zero-order valence-corrected chi connectivity index (χ0v) is 20.1. The molecule has 0 bridgehead atoms. The van der Waals surface area contributed by atoms with Crippen LogP contribution in [0.2, 0.25) is 0 Å². The Bertz CT molecular complexity index is 1160. The molecule has 33 heavy (non-hydrogen) atoms. The van der Waals surface area contributed by atoms with Crippen molar-refractivity contribution in [3.05, 3.63) is 53.6 Å². The van der Waals surface area contributed by atoms with Crippen LogP contribution in [-0.2, 0) is 26.2 Å². The van der Waals surface area contributed by atoms with Gasteiger partial charge in [-0.3, -0.25) is 14.5 Å². The number of benzene rings is 2. The number of carbonyl (C=O) groups excluding carboxylic acids is 2. The molecule has 2 aromatic carbocycles. The molecule has 0 aliphatic carbocycles. The molecule has 2 heterocycles. The fourth-order valence-corrected chi connectivity index (χ4v) is 5.30. The summed E-state index contributed by atoms with van der Waals surface area (Å²) in [6, 6.07) is 12.4. The van der Waals surface area contributed by atoms with Crippen molar-refractivity contribution in [3.8, 4) is 0 Å². The fraction of sp³-hybridized carbons (Fsp3) is 0.417. The lowest BCUT2D eigenvalue weighted by atomic mass is 9.96. The number of anilines is 2. The van der Waals surface area contributed by atoms with Crippen molar-refractivity contribution in [3.63, 3.8) is 0 Å². The van der Waals surface area contributed by atoms with Crippen molar-refractivity contribution in [2.75, 3.05) is 37.0 Å². The molecule has 0 aromatic heterocycles. The summed E-state index contributed by atoms with van der Waals surface area (Å²) in [6.07, 6.45) is 2.64. The van der Waals surface area contributed by atoms with E-state index in [1.807, 2.05) is 36.1 Å². The molecule has 1 N–H and O–H groups in total. The van der Waals surface area contributed by atoms with Crippen molar-refractivity contribution < 1.29 is 18.0 Å². The number of amides is 2. The minimum atomic E-state index is -3.68. The van der Waals surface area contributed by atoms with E-state index in [0.29, 0.717) is 12.2 Å². The largest absolute Gasteiger partial charge is 0.358 e. The molecule has 0 unspecified atom stereocenters. The standard InChI is InChI=1S/C24H30N4O4S/c1-17-7-9-18(10-8-17)15-25-23(29)16-28-22-14-19(33(31,32)26(2)3)11-12-20(22)27-13-5-4-6-21(27)24(28)30/h7-12,14,21H,4-6,13,15-16H2,1-3H3,(H,25,29)/t21-/m0/s1. The Balaban J connectivity index is 1.63. The lowest BCUT2D eigenvalue weighted by Crippen LogP contribution is -2.57. The van der Waals surface area contributed by atoms with Crippen LogP contribution in [-0.4, -0.2) is 57.8 Å². The number of sulfonamides is 1. The molecule has 2 aliphatic heterocycles. The van der Waals surface area contributed by atoms with Crippen LogP contribution in [0.25, 0.3) is 0 Å². The smallest absolute Gasteiger partial charge is 0.250 e. The summed E-state index contributed by atoms with van der Waals surface area (Å²) in [4.78, 5) is 29.8. The van der Waals surface area contributed by atoms with E-state index >= 15 is 0 Å². The van der Waals surface area contributed by atoms with Gasteiger partial charge in [0.2, 0.25) is 21.8 Å². The third kappa shape index (κ3) is 4.60. The van der Waals surface area contributed by atoms with E-state index in [1.165, 1.54) is 25.1 Å². The van der Waals surface area contributed by atoms with Gasteiger partial charge < -0.3 is 10.2 Å². The van der Waals surface area contributed by atoms with E-state index in [9.17, 15) is 18.0 Å². The topological polar surface area (TPSA) is 90.0 Å². The van der Waals surface area contributed by atoms with E-state index in [2.05, 4.69) is 5.32 Å². The molecule has 2 aromatic rings. The summed E-state index contributed by atoms with van der Waals surface area (Å²) >= 11 is 0. The highest BCUT2D eigenvalue weighted by Crippen LogP contribution is 2.40. The number of hydrogen-bond acceptors (Lipinski definition) is 5. The summed E-state index contributed by atoms with van der Waals surface area (Å²) in [7, 11) is -0.744. The van der Waals surface area contributed by atoms with Gasteiger partial charge in [-0.15, -0.1) is 0 Å². The zero-order valence-electron chi connectivity index (χ0n) is 19.2. The zero-order chi connectivity index (χ0) is 23.8. The molecule has 176 valence electrons. The molecule has 4 rings (SSSR count). The minimum absolute atomic E-state index is 0.0968. The maximum atomic E-state index is 13.4. The third-order valence-corrected chi connectivity index (χ3v) is 8.10. The normalized spacial score (nSPS) is 18.2. The first-order chi connectivity index (χ1) is 15.7. The average Bonchev–Trinajstić information content (AvgIpc) is 2.81. The summed E-state index contributed by atoms with van der Waals surface area (Å²) < 4.78 is 26.6. The second-order valence-electron chi connectivity index (χ2n) is 8.83. The first-order valence-corrected chi connectivity index (χ1v) is 12.6. The van der Waals surface area contributed by atoms with Crippen molar-refractivity contribution in [1.82, 2.24) is 9.62 Å². The number of piperidine rings is 1. The van der Waals surface area contributed by atoms with E-state index in [4.69, 9.17) is 0 Å². The summed E-state index contributed by atoms with van der Waals surface area (Å²) in [5.41, 5.74) is 3.37. The highest BCUT2D eigenvalue weighted by Gasteiger charge is 2.40. The van der Waals surface area contributed by atoms with Crippen LogP contribution in [0.5, 0.6) is 0 Å². The highest BCUT2D eigenvalue weighted by molar-refractivity contribution is 7.89. The monoisotopic (exact) mass is 470 g/mol. The molecule has 2 amide bonds. The molecule has 0 spiro atoms. The Morgan fingerprint density at radius 3 is 2.52 bits per heavy atom. The maximum Gasteiger partial charge on any atom is 0.250 e. The van der Waals surface area contributed by atoms with Crippen LogP contribution in [0.4, 0.5) is 11.4 Å². The molecule has 1 atom stereocenters. The second kappa shape index (κ2) is 9.15. The molecule has 2 aliphatic rings. The average molecular weight is 471 g/mol. The Kier molecular flexibility index (Phi) is 6.45. The predicted octanol–water partition coefficient (Wildman–Crippen LogP) is 2.27. The Hall–Kier alpha value is -2.91. The minimum Gasteiger partial charge on any atom is -0.358 e. The van der Waals surface area contributed by atoms with Crippen molar-refractivity contribution in [2.45, 2.75) is 43.7 Å².